The molecule has 0 atom stereocenters. The average Bonchev–Trinajstić information content (AvgIpc) is 2.22. The van der Waals surface area contributed by atoms with Crippen molar-refractivity contribution in [1.29, 1.82) is 0 Å². The van der Waals surface area contributed by atoms with Gasteiger partial charge in [0.05, 0.1) is 14.2 Å². The molecule has 0 aliphatic heterocycles. The van der Waals surface area contributed by atoms with Crippen molar-refractivity contribution in [3.05, 3.63) is 30.3 Å². The van der Waals surface area contributed by atoms with E-state index in [0.717, 1.165) is 16.5 Å². The Hall–Kier alpha value is -1.32. The van der Waals surface area contributed by atoms with E-state index in [2.05, 4.69) is 12.1 Å². The lowest BCUT2D eigenvalue weighted by atomic mass is 10.1. The number of rotatable bonds is 3. The Balaban J connectivity index is 2.47. The smallest absolute Gasteiger partial charge is 0.102 e. The van der Waals surface area contributed by atoms with Crippen molar-refractivity contribution in [2.24, 2.45) is 0 Å². The molecule has 0 heterocycles. The Morgan fingerprint density at radius 3 is 2.00 bits per heavy atom. The standard InChI is InChI=1S/C10H11NO2/c1-12-11(13-2)10-7-8-3-5-9(10)6-4-8/h3-7H,1-2H3. The summed E-state index contributed by atoms with van der Waals surface area (Å²) in [6.07, 6.45) is 0. The second-order valence-electron chi connectivity index (χ2n) is 2.77. The molecule has 68 valence electrons. The van der Waals surface area contributed by atoms with Crippen LogP contribution in [0.3, 0.4) is 0 Å². The van der Waals surface area contributed by atoms with Crippen LogP contribution in [0.5, 0.6) is 0 Å². The molecule has 0 aromatic heterocycles. The van der Waals surface area contributed by atoms with Gasteiger partial charge in [0, 0.05) is 5.39 Å². The number of fused-ring (bicyclic) bond motifs is 3. The molecule has 0 radical (unpaired) electrons. The van der Waals surface area contributed by atoms with Crippen LogP contribution < -0.4 is 5.23 Å². The third-order valence-corrected chi connectivity index (χ3v) is 2.04. The molecule has 13 heavy (non-hydrogen) atoms. The number of anilines is 1. The first kappa shape index (κ1) is 8.29. The fourth-order valence-electron chi connectivity index (χ4n) is 1.42. The summed E-state index contributed by atoms with van der Waals surface area (Å²) in [7, 11) is 3.15. The lowest BCUT2D eigenvalue weighted by Gasteiger charge is -2.20. The third kappa shape index (κ3) is 1.32. The van der Waals surface area contributed by atoms with Crippen molar-refractivity contribution in [2.75, 3.05) is 19.4 Å². The van der Waals surface area contributed by atoms with Crippen LogP contribution in [0.15, 0.2) is 30.3 Å². The van der Waals surface area contributed by atoms with Crippen molar-refractivity contribution in [2.45, 2.75) is 0 Å². The largest absolute Gasteiger partial charge is 0.252 e. The summed E-state index contributed by atoms with van der Waals surface area (Å²) in [5.74, 6) is 0. The first-order valence-corrected chi connectivity index (χ1v) is 4.05. The molecule has 0 spiro atoms. The molecule has 0 N–H and O–H groups in total. The summed E-state index contributed by atoms with van der Waals surface area (Å²) in [6.45, 7) is 0. The summed E-state index contributed by atoms with van der Waals surface area (Å²) >= 11 is 0. The van der Waals surface area contributed by atoms with Crippen molar-refractivity contribution in [3.8, 4) is 0 Å². The van der Waals surface area contributed by atoms with E-state index < -0.39 is 0 Å². The van der Waals surface area contributed by atoms with Gasteiger partial charge in [-0.3, -0.25) is 9.68 Å². The van der Waals surface area contributed by atoms with E-state index in [1.807, 2.05) is 18.2 Å². The average molecular weight is 177 g/mol. The van der Waals surface area contributed by atoms with Gasteiger partial charge >= 0.3 is 0 Å². The molecule has 0 aliphatic carbocycles. The van der Waals surface area contributed by atoms with Crippen LogP contribution >= 0.6 is 0 Å². The van der Waals surface area contributed by atoms with Crippen LogP contribution in [0.2, 0.25) is 0 Å². The number of nitrogens with zero attached hydrogens (tertiary/aromatic N) is 1. The molecular formula is C10H11NO2. The zero-order valence-electron chi connectivity index (χ0n) is 7.65. The predicted octanol–water partition coefficient (Wildman–Crippen LogP) is 2.21. The second kappa shape index (κ2) is 3.20. The highest BCUT2D eigenvalue weighted by atomic mass is 16.9. The molecule has 0 aliphatic rings. The van der Waals surface area contributed by atoms with Gasteiger partial charge in [0.25, 0.3) is 0 Å². The molecule has 0 unspecified atom stereocenters. The molecule has 0 saturated carbocycles. The Bertz CT molecular complexity index is 364. The fraction of sp³-hybridized carbons (Fsp3) is 0.200. The van der Waals surface area contributed by atoms with E-state index in [1.165, 1.54) is 5.23 Å². The molecule has 0 amide bonds. The fourth-order valence-corrected chi connectivity index (χ4v) is 1.42. The maximum absolute atomic E-state index is 5.03. The van der Waals surface area contributed by atoms with Crippen molar-refractivity contribution < 1.29 is 9.68 Å². The van der Waals surface area contributed by atoms with E-state index in [9.17, 15) is 0 Å². The first-order chi connectivity index (χ1) is 6.35. The molecular weight excluding hydrogens is 166 g/mol. The van der Waals surface area contributed by atoms with Gasteiger partial charge < -0.3 is 0 Å². The van der Waals surface area contributed by atoms with Gasteiger partial charge in [0.2, 0.25) is 0 Å². The van der Waals surface area contributed by atoms with E-state index in [0.29, 0.717) is 0 Å². The summed E-state index contributed by atoms with van der Waals surface area (Å²) < 4.78 is 0. The third-order valence-electron chi connectivity index (χ3n) is 2.04. The second-order valence-corrected chi connectivity index (χ2v) is 2.77. The summed E-state index contributed by atoms with van der Waals surface area (Å²) in [5.41, 5.74) is 0.935. The minimum absolute atomic E-state index is 0.935. The zero-order chi connectivity index (χ0) is 9.26. The van der Waals surface area contributed by atoms with E-state index in [1.54, 1.807) is 14.2 Å². The molecule has 3 heteroatoms. The minimum atomic E-state index is 0.935. The van der Waals surface area contributed by atoms with Gasteiger partial charge in [-0.25, -0.2) is 0 Å². The molecule has 3 nitrogen and oxygen atoms in total. The van der Waals surface area contributed by atoms with Crippen LogP contribution in [0, 0.1) is 0 Å². The Labute approximate surface area is 76.7 Å². The number of hydrogen-bond donors (Lipinski definition) is 0. The summed E-state index contributed by atoms with van der Waals surface area (Å²) in [5, 5.41) is 3.64. The van der Waals surface area contributed by atoms with Gasteiger partial charge in [0.15, 0.2) is 0 Å². The molecule has 0 fully saturated rings. The van der Waals surface area contributed by atoms with Crippen LogP contribution in [0.1, 0.15) is 0 Å². The monoisotopic (exact) mass is 177 g/mol. The lowest BCUT2D eigenvalue weighted by Crippen LogP contribution is -2.20. The van der Waals surface area contributed by atoms with Crippen LogP contribution in [-0.4, -0.2) is 14.2 Å². The Morgan fingerprint density at radius 1 is 1.00 bits per heavy atom. The van der Waals surface area contributed by atoms with E-state index in [-0.39, 0.29) is 0 Å². The quantitative estimate of drug-likeness (QED) is 0.671. The van der Waals surface area contributed by atoms with Gasteiger partial charge in [-0.05, 0) is 11.5 Å². The highest BCUT2D eigenvalue weighted by molar-refractivity contribution is 5.84. The van der Waals surface area contributed by atoms with E-state index >= 15 is 0 Å². The van der Waals surface area contributed by atoms with Gasteiger partial charge in [-0.15, -0.1) is 5.23 Å². The van der Waals surface area contributed by atoms with Crippen molar-refractivity contribution >= 4 is 16.5 Å². The number of hydrogen-bond acceptors (Lipinski definition) is 3. The zero-order valence-corrected chi connectivity index (χ0v) is 7.65. The van der Waals surface area contributed by atoms with Crippen LogP contribution in [-0.2, 0) is 9.68 Å². The first-order valence-electron chi connectivity index (χ1n) is 4.05. The SMILES string of the molecule is CON(OC)c1cc2ccc1cc2. The lowest BCUT2D eigenvalue weighted by molar-refractivity contribution is -0.0426. The number of benzene rings is 3. The normalized spacial score (nSPS) is 10.9. The van der Waals surface area contributed by atoms with Gasteiger partial charge in [0.1, 0.15) is 5.69 Å². The van der Waals surface area contributed by atoms with Crippen molar-refractivity contribution in [3.63, 3.8) is 0 Å². The predicted molar refractivity (Wildman–Crippen MR) is 51.6 cm³/mol. The summed E-state index contributed by atoms with van der Waals surface area (Å²) in [6, 6.07) is 10.2. The molecule has 2 bridgehead atoms. The van der Waals surface area contributed by atoms with Gasteiger partial charge in [-0.2, -0.15) is 0 Å². The Morgan fingerprint density at radius 2 is 1.62 bits per heavy atom. The maximum Gasteiger partial charge on any atom is 0.102 e. The Kier molecular flexibility index (Phi) is 2.04. The maximum atomic E-state index is 5.03. The van der Waals surface area contributed by atoms with E-state index in [4.69, 9.17) is 9.68 Å². The van der Waals surface area contributed by atoms with Crippen molar-refractivity contribution in [1.82, 2.24) is 0 Å². The highest BCUT2D eigenvalue weighted by Gasteiger charge is 2.08. The van der Waals surface area contributed by atoms with Crippen LogP contribution in [0.25, 0.3) is 10.8 Å². The molecule has 3 rings (SSSR count). The minimum Gasteiger partial charge on any atom is -0.252 e. The van der Waals surface area contributed by atoms with Gasteiger partial charge in [-0.1, -0.05) is 24.3 Å². The molecule has 3 aromatic carbocycles. The van der Waals surface area contributed by atoms with Crippen LogP contribution in [0.4, 0.5) is 5.69 Å². The summed E-state index contributed by atoms with van der Waals surface area (Å²) in [4.78, 5) is 10.1. The topological polar surface area (TPSA) is 21.7 Å². The molecule has 0 saturated heterocycles. The highest BCUT2D eigenvalue weighted by Crippen LogP contribution is 2.26. The molecule has 3 aromatic rings.